The van der Waals surface area contributed by atoms with Gasteiger partial charge in [-0.15, -0.1) is 0 Å². The Morgan fingerprint density at radius 3 is 0.640 bits per heavy atom. The molecule has 17 rings (SSSR count). The van der Waals surface area contributed by atoms with Gasteiger partial charge in [-0.3, -0.25) is 0 Å². The molecule has 0 bridgehead atoms. The summed E-state index contributed by atoms with van der Waals surface area (Å²) in [6.07, 6.45) is 0. The molecule has 0 saturated heterocycles. The Hall–Kier alpha value is -9.96. The Labute approximate surface area is 428 Å². The molecule has 0 radical (unpaired) electrons. The van der Waals surface area contributed by atoms with Crippen LogP contribution in [0.5, 0.6) is 0 Å². The zero-order valence-corrected chi connectivity index (χ0v) is 40.3. The van der Waals surface area contributed by atoms with Gasteiger partial charge in [0.25, 0.3) is 0 Å². The number of hydrogen-bond acceptors (Lipinski definition) is 3. The first-order valence-corrected chi connectivity index (χ1v) is 25.7. The van der Waals surface area contributed by atoms with Crippen LogP contribution in [0.2, 0.25) is 0 Å². The summed E-state index contributed by atoms with van der Waals surface area (Å²) in [6.45, 7) is 0. The number of rotatable bonds is 4. The molecule has 0 amide bonds. The summed E-state index contributed by atoms with van der Waals surface area (Å²) in [4.78, 5) is 0. The van der Waals surface area contributed by atoms with E-state index in [0.29, 0.717) is 0 Å². The Bertz CT molecular complexity index is 4870. The maximum atomic E-state index is 6.69. The highest BCUT2D eigenvalue weighted by Crippen LogP contribution is 2.49. The predicted molar refractivity (Wildman–Crippen MR) is 315 cm³/mol. The van der Waals surface area contributed by atoms with E-state index in [2.05, 4.69) is 243 Å². The maximum absolute atomic E-state index is 6.69. The van der Waals surface area contributed by atoms with Crippen LogP contribution in [-0.2, 0) is 0 Å². The summed E-state index contributed by atoms with van der Waals surface area (Å²) < 4.78 is 19.6. The van der Waals surface area contributed by atoms with E-state index >= 15 is 0 Å². The monoisotopic (exact) mass is 952 g/mol. The first-order valence-electron chi connectivity index (χ1n) is 25.7. The number of hydrogen-bond donors (Lipinski definition) is 0. The van der Waals surface area contributed by atoms with Gasteiger partial charge < -0.3 is 13.3 Å². The molecule has 0 aliphatic heterocycles. The van der Waals surface area contributed by atoms with Gasteiger partial charge >= 0.3 is 0 Å². The summed E-state index contributed by atoms with van der Waals surface area (Å²) in [7, 11) is 0. The molecule has 346 valence electrons. The molecule has 0 unspecified atom stereocenters. The van der Waals surface area contributed by atoms with Crippen molar-refractivity contribution < 1.29 is 13.3 Å². The van der Waals surface area contributed by atoms with E-state index in [1.54, 1.807) is 0 Å². The van der Waals surface area contributed by atoms with Crippen molar-refractivity contribution in [2.24, 2.45) is 0 Å². The van der Waals surface area contributed by atoms with Crippen molar-refractivity contribution in [3.63, 3.8) is 0 Å². The minimum Gasteiger partial charge on any atom is -0.456 e. The Kier molecular flexibility index (Phi) is 8.28. The summed E-state index contributed by atoms with van der Waals surface area (Å²) in [5, 5.41) is 21.1. The van der Waals surface area contributed by atoms with Crippen LogP contribution in [0.25, 0.3) is 175 Å². The zero-order valence-electron chi connectivity index (χ0n) is 40.3. The van der Waals surface area contributed by atoms with E-state index in [9.17, 15) is 0 Å². The van der Waals surface area contributed by atoms with Crippen LogP contribution in [0.15, 0.2) is 256 Å². The maximum Gasteiger partial charge on any atom is 0.136 e. The molecule has 17 aromatic rings. The topological polar surface area (TPSA) is 39.4 Å². The molecule has 3 heterocycles. The third kappa shape index (κ3) is 5.92. The molecule has 3 aromatic heterocycles. The first kappa shape index (κ1) is 40.6. The quantitative estimate of drug-likeness (QED) is 0.165. The average Bonchev–Trinajstić information content (AvgIpc) is 4.15. The van der Waals surface area contributed by atoms with E-state index in [1.165, 1.54) is 86.9 Å². The van der Waals surface area contributed by atoms with Crippen LogP contribution < -0.4 is 0 Å². The normalized spacial score (nSPS) is 12.3. The van der Waals surface area contributed by atoms with Crippen LogP contribution >= 0.6 is 0 Å². The van der Waals surface area contributed by atoms with Gasteiger partial charge in [0.2, 0.25) is 0 Å². The third-order valence-corrected chi connectivity index (χ3v) is 16.2. The fraction of sp³-hybridized carbons (Fsp3) is 0. The highest BCUT2D eigenvalue weighted by Gasteiger charge is 2.22. The molecule has 75 heavy (non-hydrogen) atoms. The highest BCUT2D eigenvalue weighted by molar-refractivity contribution is 6.25. The van der Waals surface area contributed by atoms with Crippen molar-refractivity contribution in [2.45, 2.75) is 0 Å². The lowest BCUT2D eigenvalue weighted by Gasteiger charge is -2.18. The molecule has 3 nitrogen and oxygen atoms in total. The van der Waals surface area contributed by atoms with Gasteiger partial charge in [-0.05, 0) is 182 Å². The molecule has 0 fully saturated rings. The van der Waals surface area contributed by atoms with Crippen molar-refractivity contribution in [1.29, 1.82) is 0 Å². The Balaban J connectivity index is 0.837. The summed E-state index contributed by atoms with van der Waals surface area (Å²) in [5.74, 6) is 0. The van der Waals surface area contributed by atoms with Crippen LogP contribution in [0, 0.1) is 0 Å². The highest BCUT2D eigenvalue weighted by atomic mass is 16.3. The van der Waals surface area contributed by atoms with Gasteiger partial charge in [0, 0.05) is 32.3 Å². The molecule has 0 atom stereocenters. The van der Waals surface area contributed by atoms with E-state index in [0.717, 1.165) is 88.1 Å². The molecular formula is C72H40O3. The predicted octanol–water partition coefficient (Wildman–Crippen LogP) is 21.0. The van der Waals surface area contributed by atoms with Crippen molar-refractivity contribution >= 4 is 130 Å². The molecule has 0 saturated carbocycles. The molecule has 3 heteroatoms. The van der Waals surface area contributed by atoms with Gasteiger partial charge in [-0.25, -0.2) is 0 Å². The molecule has 14 aromatic carbocycles. The number of benzene rings is 14. The zero-order chi connectivity index (χ0) is 48.9. The van der Waals surface area contributed by atoms with Gasteiger partial charge in [0.15, 0.2) is 0 Å². The fourth-order valence-corrected chi connectivity index (χ4v) is 12.8. The average molecular weight is 953 g/mol. The largest absolute Gasteiger partial charge is 0.456 e. The first-order chi connectivity index (χ1) is 37.1. The number of furan rings is 3. The van der Waals surface area contributed by atoms with E-state index in [4.69, 9.17) is 13.3 Å². The van der Waals surface area contributed by atoms with Gasteiger partial charge in [0.05, 0.1) is 0 Å². The molecule has 0 aliphatic rings. The van der Waals surface area contributed by atoms with Crippen molar-refractivity contribution in [3.8, 4) is 44.5 Å². The smallest absolute Gasteiger partial charge is 0.136 e. The van der Waals surface area contributed by atoms with Crippen molar-refractivity contribution in [1.82, 2.24) is 0 Å². The van der Waals surface area contributed by atoms with Gasteiger partial charge in [0.1, 0.15) is 33.5 Å². The van der Waals surface area contributed by atoms with Crippen LogP contribution in [0.4, 0.5) is 0 Å². The van der Waals surface area contributed by atoms with Gasteiger partial charge in [-0.1, -0.05) is 170 Å². The van der Waals surface area contributed by atoms with E-state index in [1.807, 2.05) is 0 Å². The third-order valence-electron chi connectivity index (χ3n) is 16.2. The van der Waals surface area contributed by atoms with E-state index < -0.39 is 0 Å². The molecule has 0 aliphatic carbocycles. The fourth-order valence-electron chi connectivity index (χ4n) is 12.8. The second-order valence-corrected chi connectivity index (χ2v) is 20.2. The second-order valence-electron chi connectivity index (χ2n) is 20.2. The second kappa shape index (κ2) is 15.3. The SMILES string of the molecule is c1ccc2cc3c(cc2c1)oc1ccc(-c2c4ccccc4c(-c4ccc5oc6ccc(-c7c8ccccc8c(-c8ccc9oc%10cc%11ccccc%11cc%10c9c8)c8ccccc78)cc6c5c4)c4ccccc24)cc13. The number of fused-ring (bicyclic) bond motifs is 15. The summed E-state index contributed by atoms with van der Waals surface area (Å²) >= 11 is 0. The van der Waals surface area contributed by atoms with Crippen LogP contribution in [0.1, 0.15) is 0 Å². The molecule has 0 N–H and O–H groups in total. The van der Waals surface area contributed by atoms with Gasteiger partial charge in [-0.2, -0.15) is 0 Å². The minimum absolute atomic E-state index is 0.866. The van der Waals surface area contributed by atoms with Crippen molar-refractivity contribution in [3.05, 3.63) is 243 Å². The van der Waals surface area contributed by atoms with Crippen LogP contribution in [0.3, 0.4) is 0 Å². The lowest BCUT2D eigenvalue weighted by molar-refractivity contribution is 0.669. The minimum atomic E-state index is 0.866. The lowest BCUT2D eigenvalue weighted by Crippen LogP contribution is -1.91. The molecular weight excluding hydrogens is 913 g/mol. The summed E-state index contributed by atoms with van der Waals surface area (Å²) in [6, 6.07) is 88.3. The summed E-state index contributed by atoms with van der Waals surface area (Å²) in [5.41, 5.74) is 14.8. The van der Waals surface area contributed by atoms with Crippen LogP contribution in [-0.4, -0.2) is 0 Å². The molecule has 0 spiro atoms. The standard InChI is InChI=1S/C72H40O3/c1-3-15-43-39-67-61(33-41(43)13-1)59-37-47(27-31-65(59)74-67)71-53-21-9-5-17-49(53)69(50-18-6-10-22-54(50)71)45-25-29-63-57(35-45)58-36-46(26-30-64(58)73-63)70-51-19-7-11-23-55(51)72(56-24-12-8-20-52(56)70)48-28-32-66-60(38-48)62-34-42-14-2-4-16-44(42)40-68(62)75-66/h1-40H. The Morgan fingerprint density at radius 2 is 0.373 bits per heavy atom. The Morgan fingerprint density at radius 1 is 0.160 bits per heavy atom. The van der Waals surface area contributed by atoms with Crippen molar-refractivity contribution in [2.75, 3.05) is 0 Å². The lowest BCUT2D eigenvalue weighted by atomic mass is 9.85. The van der Waals surface area contributed by atoms with E-state index in [-0.39, 0.29) is 0 Å².